The summed E-state index contributed by atoms with van der Waals surface area (Å²) in [6.07, 6.45) is -0.810. The zero-order valence-corrected chi connectivity index (χ0v) is 28.6. The summed E-state index contributed by atoms with van der Waals surface area (Å²) in [7, 11) is 0. The largest absolute Gasteiger partial charge is 0.481 e. The number of carboxylic acid groups (broad SMARTS) is 1. The number of hydrogen-bond acceptors (Lipinski definition) is 10. The lowest BCUT2D eigenvalue weighted by Crippen LogP contribution is -2.58. The molecule has 14 heteroatoms. The van der Waals surface area contributed by atoms with Gasteiger partial charge in [0.05, 0.1) is 74.3 Å². The molecule has 1 saturated heterocycles. The zero-order chi connectivity index (χ0) is 34.6. The number of aromatic nitrogens is 1. The van der Waals surface area contributed by atoms with Crippen LogP contribution in [0.3, 0.4) is 0 Å². The fraction of sp³-hybridized carbons (Fsp3) is 0.606. The first-order chi connectivity index (χ1) is 22.3. The normalized spacial score (nSPS) is 17.7. The van der Waals surface area contributed by atoms with E-state index in [1.165, 1.54) is 4.90 Å². The minimum atomic E-state index is -0.930. The number of amides is 3. The Morgan fingerprint density at radius 3 is 2.13 bits per heavy atom. The van der Waals surface area contributed by atoms with Crippen LogP contribution >= 0.6 is 11.3 Å². The van der Waals surface area contributed by atoms with Gasteiger partial charge in [-0.1, -0.05) is 45.0 Å². The highest BCUT2D eigenvalue weighted by Gasteiger charge is 2.44. The number of carbonyl (C=O) groups excluding carboxylic acids is 3. The summed E-state index contributed by atoms with van der Waals surface area (Å²) in [4.78, 5) is 57.3. The minimum Gasteiger partial charge on any atom is -0.481 e. The summed E-state index contributed by atoms with van der Waals surface area (Å²) in [6, 6.07) is 5.75. The monoisotopic (exact) mass is 676 g/mol. The van der Waals surface area contributed by atoms with Crippen molar-refractivity contribution >= 4 is 35.0 Å². The van der Waals surface area contributed by atoms with E-state index >= 15 is 0 Å². The van der Waals surface area contributed by atoms with Crippen molar-refractivity contribution in [1.29, 1.82) is 0 Å². The van der Waals surface area contributed by atoms with Gasteiger partial charge < -0.3 is 40.0 Å². The van der Waals surface area contributed by atoms with Crippen molar-refractivity contribution in [2.75, 3.05) is 46.2 Å². The third kappa shape index (κ3) is 12.0. The van der Waals surface area contributed by atoms with Crippen LogP contribution in [-0.2, 0) is 33.4 Å². The fourth-order valence-corrected chi connectivity index (χ4v) is 5.93. The number of carbonyl (C=O) groups is 4. The Kier molecular flexibility index (Phi) is 14.7. The molecule has 4 atom stereocenters. The third-order valence-electron chi connectivity index (χ3n) is 7.74. The maximum atomic E-state index is 13.8. The van der Waals surface area contributed by atoms with Crippen LogP contribution in [0.5, 0.6) is 0 Å². The van der Waals surface area contributed by atoms with Crippen molar-refractivity contribution in [3.8, 4) is 10.4 Å². The number of β-amino-alcohol motifs (C(OH)–C–C–N with tert-alkyl or cyclic N) is 1. The van der Waals surface area contributed by atoms with Gasteiger partial charge in [-0.2, -0.15) is 0 Å². The molecular formula is C33H48N4O9S. The van der Waals surface area contributed by atoms with Gasteiger partial charge in [-0.3, -0.25) is 19.2 Å². The fourth-order valence-electron chi connectivity index (χ4n) is 5.11. The minimum absolute atomic E-state index is 0.00956. The van der Waals surface area contributed by atoms with Gasteiger partial charge in [0, 0.05) is 19.4 Å². The first-order valence-corrected chi connectivity index (χ1v) is 16.7. The van der Waals surface area contributed by atoms with Gasteiger partial charge >= 0.3 is 5.97 Å². The number of aliphatic hydroxyl groups is 1. The molecule has 1 aliphatic rings. The van der Waals surface area contributed by atoms with Crippen molar-refractivity contribution in [1.82, 2.24) is 20.5 Å². The number of benzene rings is 1. The topological polar surface area (TPSA) is 177 Å². The Morgan fingerprint density at radius 1 is 0.979 bits per heavy atom. The molecule has 3 amide bonds. The number of nitrogens with zero attached hydrogens (tertiary/aromatic N) is 2. The number of carboxylic acids is 1. The maximum absolute atomic E-state index is 13.8. The van der Waals surface area contributed by atoms with E-state index in [1.54, 1.807) is 11.3 Å². The highest BCUT2D eigenvalue weighted by atomic mass is 32.1. The van der Waals surface area contributed by atoms with Crippen LogP contribution in [-0.4, -0.2) is 108 Å². The molecule has 3 rings (SSSR count). The summed E-state index contributed by atoms with van der Waals surface area (Å²) in [5, 5.41) is 24.9. The molecule has 0 saturated carbocycles. The van der Waals surface area contributed by atoms with E-state index < -0.39 is 35.5 Å². The predicted molar refractivity (Wildman–Crippen MR) is 176 cm³/mol. The smallest absolute Gasteiger partial charge is 0.305 e. The summed E-state index contributed by atoms with van der Waals surface area (Å²) >= 11 is 1.57. The van der Waals surface area contributed by atoms with E-state index in [4.69, 9.17) is 19.3 Å². The van der Waals surface area contributed by atoms with Crippen LogP contribution in [0.4, 0.5) is 0 Å². The van der Waals surface area contributed by atoms with E-state index in [9.17, 15) is 24.3 Å². The Labute approximate surface area is 280 Å². The van der Waals surface area contributed by atoms with Crippen LogP contribution < -0.4 is 10.6 Å². The molecule has 0 aliphatic carbocycles. The van der Waals surface area contributed by atoms with Crippen molar-refractivity contribution in [3.63, 3.8) is 0 Å². The molecule has 0 radical (unpaired) electrons. The van der Waals surface area contributed by atoms with Gasteiger partial charge in [0.2, 0.25) is 17.7 Å². The molecule has 1 fully saturated rings. The van der Waals surface area contributed by atoms with Crippen LogP contribution in [0, 0.1) is 12.3 Å². The lowest BCUT2D eigenvalue weighted by Gasteiger charge is -2.35. The Morgan fingerprint density at radius 2 is 1.57 bits per heavy atom. The predicted octanol–water partition coefficient (Wildman–Crippen LogP) is 2.70. The number of ether oxygens (including phenoxy) is 3. The van der Waals surface area contributed by atoms with E-state index in [1.807, 2.05) is 64.4 Å². The zero-order valence-electron chi connectivity index (χ0n) is 27.8. The summed E-state index contributed by atoms with van der Waals surface area (Å²) < 4.78 is 16.0. The number of aliphatic hydroxyl groups excluding tert-OH is 1. The maximum Gasteiger partial charge on any atom is 0.305 e. The van der Waals surface area contributed by atoms with Crippen LogP contribution in [0.1, 0.15) is 64.3 Å². The number of aryl methyl sites for hydroxylation is 1. The first kappa shape index (κ1) is 38.0. The lowest BCUT2D eigenvalue weighted by atomic mass is 9.85. The first-order valence-electron chi connectivity index (χ1n) is 15.8. The third-order valence-corrected chi connectivity index (χ3v) is 8.72. The Bertz CT molecular complexity index is 1330. The van der Waals surface area contributed by atoms with Gasteiger partial charge in [0.1, 0.15) is 12.1 Å². The summed E-state index contributed by atoms with van der Waals surface area (Å²) in [6.45, 7) is 10.7. The number of nitrogens with one attached hydrogen (secondary N) is 2. The van der Waals surface area contributed by atoms with Crippen molar-refractivity contribution < 1.29 is 43.6 Å². The molecule has 1 aliphatic heterocycles. The van der Waals surface area contributed by atoms with Crippen LogP contribution in [0.2, 0.25) is 0 Å². The van der Waals surface area contributed by atoms with Crippen molar-refractivity contribution in [2.45, 2.75) is 78.1 Å². The molecule has 13 nitrogen and oxygen atoms in total. The molecule has 0 bridgehead atoms. The van der Waals surface area contributed by atoms with E-state index in [0.717, 1.165) is 21.7 Å². The molecule has 4 unspecified atom stereocenters. The van der Waals surface area contributed by atoms with E-state index in [2.05, 4.69) is 15.6 Å². The van der Waals surface area contributed by atoms with E-state index in [0.29, 0.717) is 6.61 Å². The molecule has 260 valence electrons. The Balaban J connectivity index is 1.49. The van der Waals surface area contributed by atoms with Gasteiger partial charge in [-0.05, 0) is 30.4 Å². The highest BCUT2D eigenvalue weighted by molar-refractivity contribution is 7.13. The number of hydrogen-bond donors (Lipinski definition) is 4. The molecule has 2 heterocycles. The van der Waals surface area contributed by atoms with Crippen LogP contribution in [0.15, 0.2) is 29.8 Å². The van der Waals surface area contributed by atoms with Crippen molar-refractivity contribution in [3.05, 3.63) is 41.0 Å². The summed E-state index contributed by atoms with van der Waals surface area (Å²) in [5.74, 6) is -2.10. The molecule has 2 aromatic rings. The van der Waals surface area contributed by atoms with Gasteiger partial charge in [-0.25, -0.2) is 4.98 Å². The highest BCUT2D eigenvalue weighted by Crippen LogP contribution is 2.29. The quantitative estimate of drug-likeness (QED) is 0.172. The average molecular weight is 677 g/mol. The molecule has 1 aromatic heterocycles. The number of thiazole rings is 1. The average Bonchev–Trinajstić information content (AvgIpc) is 3.62. The molecule has 47 heavy (non-hydrogen) atoms. The van der Waals surface area contributed by atoms with Gasteiger partial charge in [0.25, 0.3) is 0 Å². The summed E-state index contributed by atoms with van der Waals surface area (Å²) in [5.41, 5.74) is 4.05. The number of rotatable bonds is 18. The second-order valence-electron chi connectivity index (χ2n) is 12.6. The second-order valence-corrected chi connectivity index (χ2v) is 13.5. The molecule has 1 aromatic carbocycles. The van der Waals surface area contributed by atoms with Gasteiger partial charge in [-0.15, -0.1) is 11.3 Å². The SMILES string of the molecule is Cc1ncsc1-c1ccc(C(C)NC(=O)C2CC(O)CN2C(=O)C(NC(=O)CCOCCOCCOCCC(=O)O)C(C)(C)C)cc1. The molecule has 0 spiro atoms. The number of likely N-dealkylation sites (tertiary alicyclic amines) is 1. The Hall–Kier alpha value is -3.43. The molecule has 4 N–H and O–H groups in total. The van der Waals surface area contributed by atoms with Crippen molar-refractivity contribution in [2.24, 2.45) is 5.41 Å². The lowest BCUT2D eigenvalue weighted by molar-refractivity contribution is -0.144. The standard InChI is InChI=1S/C33H48N4O9S/c1-21(23-6-8-24(9-7-23)29-22(2)34-20-47-29)35-31(42)26-18-25(38)19-37(26)32(43)30(33(3,4)5)36-27(39)10-12-44-14-16-46-17-15-45-13-11-28(40)41/h6-9,20-21,25-26,30,38H,10-19H2,1-5H3,(H,35,42)(H,36,39)(H,40,41). The number of aliphatic carboxylic acids is 1. The van der Waals surface area contributed by atoms with Crippen LogP contribution in [0.25, 0.3) is 10.4 Å². The molecular weight excluding hydrogens is 628 g/mol. The second kappa shape index (κ2) is 18.2. The van der Waals surface area contributed by atoms with E-state index in [-0.39, 0.29) is 76.7 Å². The van der Waals surface area contributed by atoms with Gasteiger partial charge in [0.15, 0.2) is 0 Å².